The third-order valence-electron chi connectivity index (χ3n) is 4.36. The van der Waals surface area contributed by atoms with Crippen LogP contribution in [0, 0.1) is 6.92 Å². The molecule has 0 atom stereocenters. The number of rotatable bonds is 6. The molecule has 0 radical (unpaired) electrons. The molecule has 3 aromatic heterocycles. The molecule has 0 saturated heterocycles. The first kappa shape index (κ1) is 18.8. The van der Waals surface area contributed by atoms with Crippen LogP contribution in [0.2, 0.25) is 0 Å². The molecule has 0 unspecified atom stereocenters. The quantitative estimate of drug-likeness (QED) is 0.486. The molecule has 0 saturated carbocycles. The lowest BCUT2D eigenvalue weighted by Gasteiger charge is -2.13. The fourth-order valence-electron chi connectivity index (χ4n) is 3.16. The van der Waals surface area contributed by atoms with Crippen molar-refractivity contribution in [1.29, 1.82) is 0 Å². The molecule has 3 heterocycles. The molecule has 0 aromatic carbocycles. The van der Waals surface area contributed by atoms with Crippen LogP contribution in [0.15, 0.2) is 34.2 Å². The third kappa shape index (κ3) is 4.12. The molecule has 10 heteroatoms. The van der Waals surface area contributed by atoms with E-state index in [1.54, 1.807) is 10.8 Å². The van der Waals surface area contributed by atoms with Crippen LogP contribution in [0.3, 0.4) is 0 Å². The second kappa shape index (κ2) is 8.19. The van der Waals surface area contributed by atoms with Crippen LogP contribution in [0.25, 0.3) is 0 Å². The summed E-state index contributed by atoms with van der Waals surface area (Å²) in [6.07, 6.45) is 4.40. The monoisotopic (exact) mass is 414 g/mol. The molecule has 144 valence electrons. The Morgan fingerprint density at radius 1 is 1.32 bits per heavy atom. The van der Waals surface area contributed by atoms with Gasteiger partial charge in [0.05, 0.1) is 18.0 Å². The van der Waals surface area contributed by atoms with E-state index in [1.165, 1.54) is 23.1 Å². The van der Waals surface area contributed by atoms with E-state index < -0.39 is 0 Å². The van der Waals surface area contributed by atoms with Crippen molar-refractivity contribution in [1.82, 2.24) is 24.7 Å². The predicted molar refractivity (Wildman–Crippen MR) is 108 cm³/mol. The molecule has 0 bridgehead atoms. The van der Waals surface area contributed by atoms with Gasteiger partial charge in [0.15, 0.2) is 0 Å². The Hall–Kier alpha value is -2.59. The Morgan fingerprint density at radius 3 is 2.96 bits per heavy atom. The summed E-state index contributed by atoms with van der Waals surface area (Å²) in [6.45, 7) is 2.24. The van der Waals surface area contributed by atoms with E-state index in [1.807, 2.05) is 25.1 Å². The summed E-state index contributed by atoms with van der Waals surface area (Å²) in [6, 6.07) is 5.65. The predicted octanol–water partition coefficient (Wildman–Crippen LogP) is 2.07. The van der Waals surface area contributed by atoms with Crippen LogP contribution in [0.1, 0.15) is 28.4 Å². The molecule has 1 amide bonds. The van der Waals surface area contributed by atoms with Crippen molar-refractivity contribution >= 4 is 34.1 Å². The van der Waals surface area contributed by atoms with Crippen LogP contribution in [-0.2, 0) is 24.2 Å². The maximum Gasteiger partial charge on any atom is 0.349 e. The lowest BCUT2D eigenvalue weighted by molar-refractivity contribution is -0.113. The van der Waals surface area contributed by atoms with Crippen molar-refractivity contribution < 1.29 is 4.79 Å². The lowest BCUT2D eigenvalue weighted by atomic mass is 10.2. The van der Waals surface area contributed by atoms with Crippen LogP contribution in [0.4, 0.5) is 5.13 Å². The molecule has 28 heavy (non-hydrogen) atoms. The fraction of sp³-hybridized carbons (Fsp3) is 0.333. The molecule has 4 rings (SSSR count). The molecule has 0 fully saturated rings. The number of thioether (sulfide) groups is 1. The Kier molecular flexibility index (Phi) is 5.49. The summed E-state index contributed by atoms with van der Waals surface area (Å²) < 4.78 is 1.71. The van der Waals surface area contributed by atoms with E-state index in [0.717, 1.165) is 41.2 Å². The van der Waals surface area contributed by atoms with Crippen molar-refractivity contribution in [2.24, 2.45) is 0 Å². The Labute approximate surface area is 169 Å². The standard InChI is InChI=1S/C18H18N6O2S2/c1-11-22-23-17(28-11)20-15(25)10-27-16-13-6-4-7-14(13)24(18(26)21-16)9-12-5-2-3-8-19-12/h2-3,5,8H,4,6-7,9-10H2,1H3,(H,20,23,25). The van der Waals surface area contributed by atoms with Gasteiger partial charge < -0.3 is 0 Å². The van der Waals surface area contributed by atoms with E-state index >= 15 is 0 Å². The number of amides is 1. The number of carbonyl (C=O) groups excluding carboxylic acids is 1. The smallest absolute Gasteiger partial charge is 0.300 e. The highest BCUT2D eigenvalue weighted by atomic mass is 32.2. The molecular weight excluding hydrogens is 396 g/mol. The highest BCUT2D eigenvalue weighted by Gasteiger charge is 2.23. The van der Waals surface area contributed by atoms with Gasteiger partial charge in [0.1, 0.15) is 10.0 Å². The van der Waals surface area contributed by atoms with Gasteiger partial charge in [-0.05, 0) is 38.3 Å². The number of carbonyl (C=O) groups is 1. The Morgan fingerprint density at radius 2 is 2.21 bits per heavy atom. The number of hydrogen-bond donors (Lipinski definition) is 1. The summed E-state index contributed by atoms with van der Waals surface area (Å²) in [4.78, 5) is 33.4. The zero-order chi connectivity index (χ0) is 19.5. The molecule has 0 spiro atoms. The third-order valence-corrected chi connectivity index (χ3v) is 6.13. The number of hydrogen-bond acceptors (Lipinski definition) is 8. The average Bonchev–Trinajstić information content (AvgIpc) is 3.33. The number of fused-ring (bicyclic) bond motifs is 1. The first-order valence-electron chi connectivity index (χ1n) is 8.85. The molecule has 1 N–H and O–H groups in total. The minimum Gasteiger partial charge on any atom is -0.300 e. The highest BCUT2D eigenvalue weighted by molar-refractivity contribution is 8.00. The largest absolute Gasteiger partial charge is 0.349 e. The van der Waals surface area contributed by atoms with E-state index in [-0.39, 0.29) is 17.3 Å². The minimum absolute atomic E-state index is 0.168. The summed E-state index contributed by atoms with van der Waals surface area (Å²) in [5.41, 5.74) is 2.61. The van der Waals surface area contributed by atoms with E-state index in [0.29, 0.717) is 16.7 Å². The number of aromatic nitrogens is 5. The summed E-state index contributed by atoms with van der Waals surface area (Å²) in [7, 11) is 0. The Bertz CT molecular complexity index is 1060. The average molecular weight is 415 g/mol. The van der Waals surface area contributed by atoms with Crippen LogP contribution in [-0.4, -0.2) is 36.4 Å². The molecule has 8 nitrogen and oxygen atoms in total. The van der Waals surface area contributed by atoms with Gasteiger partial charge in [-0.2, -0.15) is 4.98 Å². The Balaban J connectivity index is 1.51. The van der Waals surface area contributed by atoms with Crippen molar-refractivity contribution in [2.75, 3.05) is 11.1 Å². The van der Waals surface area contributed by atoms with E-state index in [4.69, 9.17) is 0 Å². The number of nitrogens with one attached hydrogen (secondary N) is 1. The minimum atomic E-state index is -0.297. The van der Waals surface area contributed by atoms with Crippen LogP contribution >= 0.6 is 23.1 Å². The zero-order valence-electron chi connectivity index (χ0n) is 15.2. The summed E-state index contributed by atoms with van der Waals surface area (Å²) >= 11 is 2.62. The van der Waals surface area contributed by atoms with Gasteiger partial charge in [-0.1, -0.05) is 29.2 Å². The van der Waals surface area contributed by atoms with E-state index in [9.17, 15) is 9.59 Å². The maximum atomic E-state index is 12.6. The SMILES string of the molecule is Cc1nnc(NC(=O)CSc2nc(=O)n(Cc3ccccn3)c3c2CCC3)s1. The normalized spacial score (nSPS) is 12.8. The number of pyridine rings is 1. The summed E-state index contributed by atoms with van der Waals surface area (Å²) in [5, 5.41) is 12.4. The number of nitrogens with zero attached hydrogens (tertiary/aromatic N) is 5. The van der Waals surface area contributed by atoms with Gasteiger partial charge >= 0.3 is 5.69 Å². The van der Waals surface area contributed by atoms with Crippen molar-refractivity contribution in [3.05, 3.63) is 56.8 Å². The van der Waals surface area contributed by atoms with Gasteiger partial charge in [0, 0.05) is 17.5 Å². The van der Waals surface area contributed by atoms with Gasteiger partial charge in [-0.15, -0.1) is 10.2 Å². The first-order valence-corrected chi connectivity index (χ1v) is 10.7. The zero-order valence-corrected chi connectivity index (χ0v) is 16.8. The highest BCUT2D eigenvalue weighted by Crippen LogP contribution is 2.29. The number of aryl methyl sites for hydroxylation is 1. The van der Waals surface area contributed by atoms with Crippen molar-refractivity contribution in [3.8, 4) is 0 Å². The number of anilines is 1. The van der Waals surface area contributed by atoms with Crippen molar-refractivity contribution in [3.63, 3.8) is 0 Å². The molecule has 0 aliphatic heterocycles. The van der Waals surface area contributed by atoms with Crippen LogP contribution < -0.4 is 11.0 Å². The van der Waals surface area contributed by atoms with Gasteiger partial charge in [-0.3, -0.25) is 19.7 Å². The molecule has 3 aromatic rings. The first-order chi connectivity index (χ1) is 13.6. The van der Waals surface area contributed by atoms with Crippen LogP contribution in [0.5, 0.6) is 0 Å². The van der Waals surface area contributed by atoms with E-state index in [2.05, 4.69) is 25.5 Å². The topological polar surface area (TPSA) is 103 Å². The fourth-order valence-corrected chi connectivity index (χ4v) is 4.64. The lowest BCUT2D eigenvalue weighted by Crippen LogP contribution is -2.28. The van der Waals surface area contributed by atoms with Crippen molar-refractivity contribution in [2.45, 2.75) is 37.8 Å². The van der Waals surface area contributed by atoms with Gasteiger partial charge in [0.2, 0.25) is 11.0 Å². The molecular formula is C18H18N6O2S2. The summed E-state index contributed by atoms with van der Waals surface area (Å²) in [5.74, 6) is -0.0192. The second-order valence-corrected chi connectivity index (χ2v) is 8.49. The van der Waals surface area contributed by atoms with Gasteiger partial charge in [0.25, 0.3) is 0 Å². The molecule has 1 aliphatic carbocycles. The maximum absolute atomic E-state index is 12.6. The molecule has 1 aliphatic rings. The second-order valence-electron chi connectivity index (χ2n) is 6.35. The van der Waals surface area contributed by atoms with Gasteiger partial charge in [-0.25, -0.2) is 4.79 Å².